The van der Waals surface area contributed by atoms with Gasteiger partial charge in [0.25, 0.3) is 0 Å². The number of H-pyrrole nitrogens is 1. The van der Waals surface area contributed by atoms with E-state index >= 15 is 0 Å². The predicted octanol–water partition coefficient (Wildman–Crippen LogP) is 3.55. The van der Waals surface area contributed by atoms with Crippen molar-refractivity contribution >= 4 is 15.9 Å². The molecule has 0 saturated carbocycles. The molecule has 0 saturated heterocycles. The SMILES string of the molecule is CCC(NCc1ccc(Br)c(F)c1)c1ncc[nH]1. The van der Waals surface area contributed by atoms with Crippen LogP contribution >= 0.6 is 15.9 Å². The number of aromatic amines is 1. The number of hydrogen-bond acceptors (Lipinski definition) is 2. The molecule has 2 N–H and O–H groups in total. The van der Waals surface area contributed by atoms with Crippen LogP contribution < -0.4 is 5.32 Å². The molecule has 0 radical (unpaired) electrons. The van der Waals surface area contributed by atoms with Crippen LogP contribution in [0.5, 0.6) is 0 Å². The molecule has 0 spiro atoms. The van der Waals surface area contributed by atoms with Crippen LogP contribution in [0.1, 0.15) is 30.8 Å². The minimum atomic E-state index is -0.236. The third kappa shape index (κ3) is 3.17. The first-order valence-electron chi connectivity index (χ1n) is 5.87. The van der Waals surface area contributed by atoms with Gasteiger partial charge in [-0.3, -0.25) is 0 Å². The molecule has 96 valence electrons. The third-order valence-corrected chi connectivity index (χ3v) is 3.44. The van der Waals surface area contributed by atoms with Crippen LogP contribution in [0.3, 0.4) is 0 Å². The van der Waals surface area contributed by atoms with Crippen LogP contribution in [0.2, 0.25) is 0 Å². The van der Waals surface area contributed by atoms with Crippen molar-refractivity contribution < 1.29 is 4.39 Å². The number of aromatic nitrogens is 2. The van der Waals surface area contributed by atoms with Gasteiger partial charge in [-0.15, -0.1) is 0 Å². The number of benzene rings is 1. The second-order valence-electron chi connectivity index (χ2n) is 4.06. The van der Waals surface area contributed by atoms with E-state index in [9.17, 15) is 4.39 Å². The monoisotopic (exact) mass is 311 g/mol. The summed E-state index contributed by atoms with van der Waals surface area (Å²) in [5.74, 6) is 0.676. The Morgan fingerprint density at radius 3 is 2.94 bits per heavy atom. The number of rotatable bonds is 5. The normalized spacial score (nSPS) is 12.6. The van der Waals surface area contributed by atoms with Gasteiger partial charge in [0.05, 0.1) is 10.5 Å². The second kappa shape index (κ2) is 6.11. The fraction of sp³-hybridized carbons (Fsp3) is 0.308. The van der Waals surface area contributed by atoms with Crippen molar-refractivity contribution in [2.24, 2.45) is 0 Å². The van der Waals surface area contributed by atoms with Crippen LogP contribution in [-0.4, -0.2) is 9.97 Å². The summed E-state index contributed by atoms with van der Waals surface area (Å²) in [6.45, 7) is 2.70. The van der Waals surface area contributed by atoms with E-state index in [2.05, 4.69) is 38.1 Å². The van der Waals surface area contributed by atoms with Gasteiger partial charge in [0.15, 0.2) is 0 Å². The van der Waals surface area contributed by atoms with E-state index in [1.807, 2.05) is 6.07 Å². The zero-order valence-corrected chi connectivity index (χ0v) is 11.7. The Bertz CT molecular complexity index is 499. The topological polar surface area (TPSA) is 40.7 Å². The Labute approximate surface area is 114 Å². The van der Waals surface area contributed by atoms with Crippen molar-refractivity contribution in [1.82, 2.24) is 15.3 Å². The molecule has 5 heteroatoms. The fourth-order valence-electron chi connectivity index (χ4n) is 1.79. The van der Waals surface area contributed by atoms with Gasteiger partial charge in [0.2, 0.25) is 0 Å². The van der Waals surface area contributed by atoms with Crippen molar-refractivity contribution in [2.45, 2.75) is 25.9 Å². The molecule has 2 aromatic rings. The molecule has 0 aliphatic heterocycles. The number of hydrogen-bond donors (Lipinski definition) is 2. The highest BCUT2D eigenvalue weighted by Gasteiger charge is 2.11. The maximum Gasteiger partial charge on any atom is 0.137 e. The maximum atomic E-state index is 13.4. The Hall–Kier alpha value is -1.20. The van der Waals surface area contributed by atoms with Crippen LogP contribution in [0.15, 0.2) is 35.1 Å². The van der Waals surface area contributed by atoms with Crippen molar-refractivity contribution in [2.75, 3.05) is 0 Å². The number of halogens is 2. The van der Waals surface area contributed by atoms with Gasteiger partial charge in [-0.25, -0.2) is 9.37 Å². The van der Waals surface area contributed by atoms with Crippen LogP contribution in [0.25, 0.3) is 0 Å². The number of imidazole rings is 1. The first kappa shape index (κ1) is 13.2. The summed E-state index contributed by atoms with van der Waals surface area (Å²) in [7, 11) is 0. The van der Waals surface area contributed by atoms with Gasteiger partial charge in [0.1, 0.15) is 11.6 Å². The standard InChI is InChI=1S/C13H15BrFN3/c1-2-12(13-16-5-6-17-13)18-8-9-3-4-10(14)11(15)7-9/h3-7,12,18H,2,8H2,1H3,(H,16,17). The number of nitrogens with zero attached hydrogens (tertiary/aromatic N) is 1. The molecule has 0 bridgehead atoms. The molecule has 3 nitrogen and oxygen atoms in total. The van der Waals surface area contributed by atoms with E-state index in [-0.39, 0.29) is 11.9 Å². The molecule has 2 rings (SSSR count). The summed E-state index contributed by atoms with van der Waals surface area (Å²) in [6, 6.07) is 5.31. The largest absolute Gasteiger partial charge is 0.347 e. The van der Waals surface area contributed by atoms with Gasteiger partial charge < -0.3 is 10.3 Å². The zero-order chi connectivity index (χ0) is 13.0. The Balaban J connectivity index is 1.99. The molecule has 0 amide bonds. The highest BCUT2D eigenvalue weighted by molar-refractivity contribution is 9.10. The molecule has 0 fully saturated rings. The number of nitrogens with one attached hydrogen (secondary N) is 2. The highest BCUT2D eigenvalue weighted by atomic mass is 79.9. The quantitative estimate of drug-likeness (QED) is 0.886. The predicted molar refractivity (Wildman–Crippen MR) is 72.6 cm³/mol. The smallest absolute Gasteiger partial charge is 0.137 e. The Kier molecular flexibility index (Phi) is 4.49. The molecule has 0 aliphatic carbocycles. The van der Waals surface area contributed by atoms with Crippen molar-refractivity contribution in [1.29, 1.82) is 0 Å². The first-order valence-corrected chi connectivity index (χ1v) is 6.66. The van der Waals surface area contributed by atoms with Gasteiger partial charge in [0, 0.05) is 18.9 Å². The van der Waals surface area contributed by atoms with Crippen molar-refractivity contribution in [3.05, 3.63) is 52.3 Å². The third-order valence-electron chi connectivity index (χ3n) is 2.79. The van der Waals surface area contributed by atoms with Gasteiger partial charge in [-0.2, -0.15) is 0 Å². The molecule has 1 atom stereocenters. The van der Waals surface area contributed by atoms with E-state index in [1.165, 1.54) is 6.07 Å². The summed E-state index contributed by atoms with van der Waals surface area (Å²) >= 11 is 3.14. The minimum Gasteiger partial charge on any atom is -0.347 e. The van der Waals surface area contributed by atoms with Gasteiger partial charge in [-0.05, 0) is 40.0 Å². The average molecular weight is 312 g/mol. The lowest BCUT2D eigenvalue weighted by Gasteiger charge is -2.14. The molecular formula is C13H15BrFN3. The van der Waals surface area contributed by atoms with E-state index in [1.54, 1.807) is 18.5 Å². The van der Waals surface area contributed by atoms with E-state index in [0.717, 1.165) is 17.8 Å². The molecular weight excluding hydrogens is 297 g/mol. The van der Waals surface area contributed by atoms with E-state index < -0.39 is 0 Å². The molecule has 1 aromatic carbocycles. The van der Waals surface area contributed by atoms with Crippen molar-refractivity contribution in [3.63, 3.8) is 0 Å². The summed E-state index contributed by atoms with van der Waals surface area (Å²) in [5.41, 5.74) is 0.917. The molecule has 1 aromatic heterocycles. The summed E-state index contributed by atoms with van der Waals surface area (Å²) in [6.07, 6.45) is 4.46. The van der Waals surface area contributed by atoms with Gasteiger partial charge >= 0.3 is 0 Å². The lowest BCUT2D eigenvalue weighted by molar-refractivity contribution is 0.496. The molecule has 18 heavy (non-hydrogen) atoms. The maximum absolute atomic E-state index is 13.4. The summed E-state index contributed by atoms with van der Waals surface area (Å²) in [5, 5.41) is 3.36. The molecule has 1 heterocycles. The highest BCUT2D eigenvalue weighted by Crippen LogP contribution is 2.17. The van der Waals surface area contributed by atoms with Gasteiger partial charge in [-0.1, -0.05) is 13.0 Å². The second-order valence-corrected chi connectivity index (χ2v) is 4.92. The van der Waals surface area contributed by atoms with E-state index in [4.69, 9.17) is 0 Å². The summed E-state index contributed by atoms with van der Waals surface area (Å²) in [4.78, 5) is 7.32. The lowest BCUT2D eigenvalue weighted by Crippen LogP contribution is -2.21. The fourth-order valence-corrected chi connectivity index (χ4v) is 2.04. The van der Waals surface area contributed by atoms with E-state index in [0.29, 0.717) is 11.0 Å². The molecule has 0 aliphatic rings. The Morgan fingerprint density at radius 1 is 1.50 bits per heavy atom. The Morgan fingerprint density at radius 2 is 2.33 bits per heavy atom. The van der Waals surface area contributed by atoms with Crippen molar-refractivity contribution in [3.8, 4) is 0 Å². The minimum absolute atomic E-state index is 0.159. The summed E-state index contributed by atoms with van der Waals surface area (Å²) < 4.78 is 13.9. The lowest BCUT2D eigenvalue weighted by atomic mass is 10.1. The zero-order valence-electron chi connectivity index (χ0n) is 10.1. The average Bonchev–Trinajstić information content (AvgIpc) is 2.88. The van der Waals surface area contributed by atoms with Crippen LogP contribution in [0.4, 0.5) is 4.39 Å². The first-order chi connectivity index (χ1) is 8.70. The van der Waals surface area contributed by atoms with Crippen LogP contribution in [0, 0.1) is 5.82 Å². The molecule has 1 unspecified atom stereocenters. The van der Waals surface area contributed by atoms with Crippen LogP contribution in [-0.2, 0) is 6.54 Å².